The van der Waals surface area contributed by atoms with Crippen molar-refractivity contribution < 1.29 is 14.5 Å². The van der Waals surface area contributed by atoms with Gasteiger partial charge in [0.05, 0.1) is 27.9 Å². The fourth-order valence-corrected chi connectivity index (χ4v) is 5.64. The van der Waals surface area contributed by atoms with Crippen molar-refractivity contribution in [1.82, 2.24) is 10.3 Å². The zero-order chi connectivity index (χ0) is 26.6. The Hall–Kier alpha value is -4.09. The van der Waals surface area contributed by atoms with Crippen LogP contribution in [0.15, 0.2) is 60.7 Å². The first-order valence-corrected chi connectivity index (χ1v) is 13.3. The van der Waals surface area contributed by atoms with Crippen molar-refractivity contribution in [3.8, 4) is 16.3 Å². The number of thiazole rings is 1. The van der Waals surface area contributed by atoms with Crippen LogP contribution in [0, 0.1) is 10.1 Å². The molecule has 1 saturated heterocycles. The molecule has 38 heavy (non-hydrogen) atoms. The molecule has 5 rings (SSSR count). The summed E-state index contributed by atoms with van der Waals surface area (Å²) in [6.07, 6.45) is 3.09. The first-order valence-electron chi connectivity index (χ1n) is 12.1. The number of nitrogens with zero attached hydrogens (tertiary/aromatic N) is 3. The summed E-state index contributed by atoms with van der Waals surface area (Å²) in [5, 5.41) is 18.3. The van der Waals surface area contributed by atoms with Gasteiger partial charge in [-0.15, -0.1) is 11.3 Å². The van der Waals surface area contributed by atoms with Gasteiger partial charge in [-0.05, 0) is 73.9 Å². The average molecular weight is 548 g/mol. The number of piperidine rings is 1. The Morgan fingerprint density at radius 1 is 1.11 bits per heavy atom. The molecule has 0 atom stereocenters. The van der Waals surface area contributed by atoms with E-state index in [2.05, 4.69) is 10.6 Å². The predicted octanol–water partition coefficient (Wildman–Crippen LogP) is 6.00. The molecule has 1 amide bonds. The number of methoxy groups -OCH3 is 1. The van der Waals surface area contributed by atoms with Crippen LogP contribution >= 0.6 is 23.6 Å². The highest BCUT2D eigenvalue weighted by Crippen LogP contribution is 2.35. The summed E-state index contributed by atoms with van der Waals surface area (Å²) in [5.41, 5.74) is 2.93. The van der Waals surface area contributed by atoms with Gasteiger partial charge in [-0.3, -0.25) is 20.2 Å². The van der Waals surface area contributed by atoms with Crippen molar-refractivity contribution in [2.24, 2.45) is 0 Å². The Bertz CT molecular complexity index is 1500. The van der Waals surface area contributed by atoms with Crippen molar-refractivity contribution in [2.45, 2.75) is 19.3 Å². The Kier molecular flexibility index (Phi) is 7.47. The van der Waals surface area contributed by atoms with Crippen LogP contribution in [0.25, 0.3) is 20.8 Å². The minimum Gasteiger partial charge on any atom is -0.495 e. The molecule has 1 aliphatic heterocycles. The van der Waals surface area contributed by atoms with Gasteiger partial charge in [-0.25, -0.2) is 4.98 Å². The molecule has 1 fully saturated rings. The number of carbonyl (C=O) groups is 1. The maximum atomic E-state index is 12.9. The van der Waals surface area contributed by atoms with E-state index in [9.17, 15) is 14.9 Å². The SMILES string of the molecule is COc1ccc(-c2nc3ccccc3s2)cc1NC(=S)NC(=O)c1ccc(N2CCCCC2)c([N+](=O)[O-])c1. The van der Waals surface area contributed by atoms with Crippen molar-refractivity contribution in [3.63, 3.8) is 0 Å². The number of fused-ring (bicyclic) bond motifs is 1. The van der Waals surface area contributed by atoms with Crippen molar-refractivity contribution >= 4 is 61.9 Å². The lowest BCUT2D eigenvalue weighted by molar-refractivity contribution is -0.384. The molecule has 0 radical (unpaired) electrons. The third kappa shape index (κ3) is 5.43. The van der Waals surface area contributed by atoms with E-state index in [1.807, 2.05) is 41.3 Å². The maximum Gasteiger partial charge on any atom is 0.293 e. The van der Waals surface area contributed by atoms with Gasteiger partial charge in [-0.2, -0.15) is 0 Å². The monoisotopic (exact) mass is 547 g/mol. The molecule has 194 valence electrons. The average Bonchev–Trinajstić information content (AvgIpc) is 3.37. The van der Waals surface area contributed by atoms with E-state index in [0.29, 0.717) is 17.1 Å². The van der Waals surface area contributed by atoms with E-state index in [1.165, 1.54) is 6.07 Å². The third-order valence-corrected chi connectivity index (χ3v) is 7.64. The number of carbonyl (C=O) groups excluding carboxylic acids is 1. The highest BCUT2D eigenvalue weighted by atomic mass is 32.1. The topological polar surface area (TPSA) is 110 Å². The van der Waals surface area contributed by atoms with Crippen LogP contribution in [0.4, 0.5) is 17.1 Å². The highest BCUT2D eigenvalue weighted by molar-refractivity contribution is 7.80. The fourth-order valence-electron chi connectivity index (χ4n) is 4.48. The Balaban J connectivity index is 1.33. The molecular formula is C27H25N5O4S2. The summed E-state index contributed by atoms with van der Waals surface area (Å²) in [6, 6.07) is 18.0. The summed E-state index contributed by atoms with van der Waals surface area (Å²) < 4.78 is 6.55. The molecule has 1 aromatic heterocycles. The second kappa shape index (κ2) is 11.1. The molecule has 0 spiro atoms. The van der Waals surface area contributed by atoms with Gasteiger partial charge in [0.2, 0.25) is 0 Å². The Morgan fingerprint density at radius 2 is 1.89 bits per heavy atom. The second-order valence-electron chi connectivity index (χ2n) is 8.82. The highest BCUT2D eigenvalue weighted by Gasteiger charge is 2.23. The second-order valence-corrected chi connectivity index (χ2v) is 10.3. The van der Waals surface area contributed by atoms with Gasteiger partial charge in [0.15, 0.2) is 5.11 Å². The lowest BCUT2D eigenvalue weighted by Crippen LogP contribution is -2.34. The molecule has 2 heterocycles. The number of amides is 1. The summed E-state index contributed by atoms with van der Waals surface area (Å²) in [6.45, 7) is 1.52. The van der Waals surface area contributed by atoms with E-state index in [1.54, 1.807) is 36.6 Å². The largest absolute Gasteiger partial charge is 0.495 e. The number of ether oxygens (including phenoxy) is 1. The number of anilines is 2. The molecule has 0 aliphatic carbocycles. The van der Waals surface area contributed by atoms with Gasteiger partial charge >= 0.3 is 0 Å². The normalized spacial score (nSPS) is 13.2. The van der Waals surface area contributed by atoms with Crippen molar-refractivity contribution in [1.29, 1.82) is 0 Å². The molecule has 0 bridgehead atoms. The van der Waals surface area contributed by atoms with Crippen LogP contribution in [0.5, 0.6) is 5.75 Å². The van der Waals surface area contributed by atoms with Crippen LogP contribution in [-0.2, 0) is 0 Å². The van der Waals surface area contributed by atoms with Crippen LogP contribution in [0.1, 0.15) is 29.6 Å². The predicted molar refractivity (Wildman–Crippen MR) is 154 cm³/mol. The van der Waals surface area contributed by atoms with Gasteiger partial charge in [-0.1, -0.05) is 12.1 Å². The minimum absolute atomic E-state index is 0.0394. The number of thiocarbonyl (C=S) groups is 1. The van der Waals surface area contributed by atoms with Gasteiger partial charge in [0, 0.05) is 30.3 Å². The first-order chi connectivity index (χ1) is 18.4. The van der Waals surface area contributed by atoms with Crippen LogP contribution in [0.3, 0.4) is 0 Å². The van der Waals surface area contributed by atoms with E-state index < -0.39 is 10.8 Å². The lowest BCUT2D eigenvalue weighted by Gasteiger charge is -2.28. The quantitative estimate of drug-likeness (QED) is 0.172. The number of para-hydroxylation sites is 1. The molecule has 2 N–H and O–H groups in total. The van der Waals surface area contributed by atoms with Gasteiger partial charge in [0.25, 0.3) is 11.6 Å². The number of nitrogens with one attached hydrogen (secondary N) is 2. The third-order valence-electron chi connectivity index (χ3n) is 6.35. The van der Waals surface area contributed by atoms with Crippen LogP contribution < -0.4 is 20.3 Å². The van der Waals surface area contributed by atoms with Gasteiger partial charge < -0.3 is 15.0 Å². The van der Waals surface area contributed by atoms with Crippen molar-refractivity contribution in [3.05, 3.63) is 76.3 Å². The fraction of sp³-hybridized carbons (Fsp3) is 0.222. The first kappa shape index (κ1) is 25.6. The molecule has 9 nitrogen and oxygen atoms in total. The number of benzene rings is 3. The van der Waals surface area contributed by atoms with E-state index >= 15 is 0 Å². The van der Waals surface area contributed by atoms with Crippen LogP contribution in [0.2, 0.25) is 0 Å². The van der Waals surface area contributed by atoms with Crippen LogP contribution in [-0.4, -0.2) is 41.1 Å². The number of rotatable bonds is 6. The molecular weight excluding hydrogens is 522 g/mol. The number of hydrogen-bond acceptors (Lipinski definition) is 8. The number of aromatic nitrogens is 1. The summed E-state index contributed by atoms with van der Waals surface area (Å²) in [5.74, 6) is -0.00919. The Labute approximate surface area is 228 Å². The van der Waals surface area contributed by atoms with E-state index in [-0.39, 0.29) is 16.4 Å². The lowest BCUT2D eigenvalue weighted by atomic mass is 10.1. The summed E-state index contributed by atoms with van der Waals surface area (Å²) >= 11 is 6.96. The summed E-state index contributed by atoms with van der Waals surface area (Å²) in [4.78, 5) is 31.0. The number of hydrogen-bond donors (Lipinski definition) is 2. The maximum absolute atomic E-state index is 12.9. The standard InChI is InChI=1S/C27H25N5O4S2/c1-36-23-12-10-18(26-28-19-7-3-4-8-24(19)38-26)15-20(23)29-27(37)30-25(33)17-9-11-21(22(16-17)32(34)35)31-13-5-2-6-14-31/h3-4,7-12,15-16H,2,5-6,13-14H2,1H3,(H2,29,30,33,37). The minimum atomic E-state index is -0.544. The molecule has 0 saturated carbocycles. The summed E-state index contributed by atoms with van der Waals surface area (Å²) in [7, 11) is 1.54. The molecule has 11 heteroatoms. The zero-order valence-corrected chi connectivity index (χ0v) is 22.2. The molecule has 4 aromatic rings. The molecule has 3 aromatic carbocycles. The number of nitro benzene ring substituents is 1. The zero-order valence-electron chi connectivity index (χ0n) is 20.6. The number of nitro groups is 1. The van der Waals surface area contributed by atoms with Gasteiger partial charge in [0.1, 0.15) is 16.4 Å². The Morgan fingerprint density at radius 3 is 2.63 bits per heavy atom. The molecule has 0 unspecified atom stereocenters. The molecule has 1 aliphatic rings. The van der Waals surface area contributed by atoms with E-state index in [0.717, 1.165) is 53.1 Å². The van der Waals surface area contributed by atoms with Crippen molar-refractivity contribution in [2.75, 3.05) is 30.4 Å². The van der Waals surface area contributed by atoms with E-state index in [4.69, 9.17) is 21.9 Å². The smallest absolute Gasteiger partial charge is 0.293 e.